The van der Waals surface area contributed by atoms with Gasteiger partial charge in [0.2, 0.25) is 5.91 Å². The molecule has 0 radical (unpaired) electrons. The van der Waals surface area contributed by atoms with Gasteiger partial charge in [0.15, 0.2) is 4.34 Å². The van der Waals surface area contributed by atoms with Crippen molar-refractivity contribution in [2.45, 2.75) is 42.7 Å². The predicted molar refractivity (Wildman–Crippen MR) is 125 cm³/mol. The minimum Gasteiger partial charge on any atom is -0.462 e. The summed E-state index contributed by atoms with van der Waals surface area (Å²) in [6, 6.07) is 9.58. The molecule has 3 aromatic rings. The lowest BCUT2D eigenvalue weighted by molar-refractivity contribution is -0.115. The fourth-order valence-corrected chi connectivity index (χ4v) is 6.73. The van der Waals surface area contributed by atoms with Gasteiger partial charge in [-0.1, -0.05) is 60.4 Å². The van der Waals surface area contributed by atoms with E-state index in [2.05, 4.69) is 22.4 Å². The molecule has 2 heterocycles. The number of esters is 1. The van der Waals surface area contributed by atoms with E-state index in [0.29, 0.717) is 27.4 Å². The van der Waals surface area contributed by atoms with Gasteiger partial charge in [-0.3, -0.25) is 4.79 Å². The van der Waals surface area contributed by atoms with E-state index in [1.54, 1.807) is 12.4 Å². The molecule has 1 amide bonds. The van der Waals surface area contributed by atoms with Gasteiger partial charge >= 0.3 is 5.97 Å². The molecule has 0 spiro atoms. The van der Waals surface area contributed by atoms with Gasteiger partial charge in [0.1, 0.15) is 15.8 Å². The first-order chi connectivity index (χ1) is 15.1. The summed E-state index contributed by atoms with van der Waals surface area (Å²) < 4.78 is 6.04. The second kappa shape index (κ2) is 9.93. The molecule has 0 aliphatic heterocycles. The van der Waals surface area contributed by atoms with Gasteiger partial charge in [-0.05, 0) is 43.2 Å². The Morgan fingerprint density at radius 1 is 1.32 bits per heavy atom. The highest BCUT2D eigenvalue weighted by atomic mass is 32.2. The molecular formula is C22H23N3O3S3. The zero-order chi connectivity index (χ0) is 21.8. The highest BCUT2D eigenvalue weighted by Gasteiger charge is 2.31. The minimum atomic E-state index is -0.512. The number of thiophene rings is 1. The number of fused-ring (bicyclic) bond motifs is 1. The maximum atomic E-state index is 13.4. The van der Waals surface area contributed by atoms with E-state index < -0.39 is 5.25 Å². The van der Waals surface area contributed by atoms with Gasteiger partial charge in [-0.2, -0.15) is 0 Å². The molecule has 1 aliphatic carbocycles. The van der Waals surface area contributed by atoms with Crippen LogP contribution >= 0.6 is 34.4 Å². The van der Waals surface area contributed by atoms with Gasteiger partial charge in [0.25, 0.3) is 0 Å². The third-order valence-electron chi connectivity index (χ3n) is 5.13. The number of ether oxygens (including phenoxy) is 1. The SMILES string of the molecule is CCOC(=O)c1c(NC(=O)[C@@H](Sc2nncs2)c2ccccc2)sc2c1CC[C@@H](C)C2. The van der Waals surface area contributed by atoms with Crippen LogP contribution in [0.2, 0.25) is 0 Å². The van der Waals surface area contributed by atoms with Crippen LogP contribution < -0.4 is 5.32 Å². The number of carbonyl (C=O) groups is 2. The van der Waals surface area contributed by atoms with Crippen LogP contribution in [0.3, 0.4) is 0 Å². The van der Waals surface area contributed by atoms with E-state index in [0.717, 1.165) is 30.4 Å². The van der Waals surface area contributed by atoms with E-state index in [4.69, 9.17) is 4.74 Å². The monoisotopic (exact) mass is 473 g/mol. The van der Waals surface area contributed by atoms with Crippen molar-refractivity contribution in [3.05, 3.63) is 57.4 Å². The van der Waals surface area contributed by atoms with E-state index in [1.165, 1.54) is 39.3 Å². The number of nitrogens with one attached hydrogen (secondary N) is 1. The number of nitrogens with zero attached hydrogens (tertiary/aromatic N) is 2. The largest absolute Gasteiger partial charge is 0.462 e. The number of hydrogen-bond acceptors (Lipinski definition) is 8. The molecule has 0 saturated heterocycles. The molecule has 2 aromatic heterocycles. The predicted octanol–water partition coefficient (Wildman–Crippen LogP) is 5.37. The van der Waals surface area contributed by atoms with Crippen molar-refractivity contribution in [3.8, 4) is 0 Å². The Hall–Kier alpha value is -2.23. The standard InChI is InChI=1S/C22H23N3O3S3/c1-3-28-21(27)17-15-10-9-13(2)11-16(15)30-20(17)24-19(26)18(14-7-5-4-6-8-14)31-22-25-23-12-29-22/h4-8,12-13,18H,3,9-11H2,1-2H3,(H,24,26)/t13-,18+/m1/s1. The molecule has 1 aliphatic rings. The van der Waals surface area contributed by atoms with Crippen molar-refractivity contribution in [1.82, 2.24) is 10.2 Å². The van der Waals surface area contributed by atoms with Crippen molar-refractivity contribution >= 4 is 51.3 Å². The fraction of sp³-hybridized carbons (Fsp3) is 0.364. The third-order valence-corrected chi connectivity index (χ3v) is 8.36. The van der Waals surface area contributed by atoms with Crippen molar-refractivity contribution in [2.24, 2.45) is 5.92 Å². The molecule has 0 saturated carbocycles. The van der Waals surface area contributed by atoms with Gasteiger partial charge in [0.05, 0.1) is 12.2 Å². The van der Waals surface area contributed by atoms with Crippen LogP contribution in [0.25, 0.3) is 0 Å². The summed E-state index contributed by atoms with van der Waals surface area (Å²) in [4.78, 5) is 27.4. The molecule has 2 atom stereocenters. The summed E-state index contributed by atoms with van der Waals surface area (Å²) in [5.74, 6) is 0.0104. The maximum absolute atomic E-state index is 13.4. The Morgan fingerprint density at radius 3 is 2.84 bits per heavy atom. The van der Waals surface area contributed by atoms with E-state index in [-0.39, 0.29) is 11.9 Å². The summed E-state index contributed by atoms with van der Waals surface area (Å²) in [5.41, 5.74) is 4.07. The quantitative estimate of drug-likeness (QED) is 0.367. The van der Waals surface area contributed by atoms with E-state index in [9.17, 15) is 9.59 Å². The lowest BCUT2D eigenvalue weighted by atomic mass is 9.88. The molecule has 1 aromatic carbocycles. The Kier molecular flexibility index (Phi) is 7.04. The number of rotatable bonds is 7. The summed E-state index contributed by atoms with van der Waals surface area (Å²) in [7, 11) is 0. The van der Waals surface area contributed by atoms with Crippen LogP contribution in [0.5, 0.6) is 0 Å². The highest BCUT2D eigenvalue weighted by Crippen LogP contribution is 2.42. The molecule has 31 heavy (non-hydrogen) atoms. The normalized spacial score (nSPS) is 16.4. The number of benzene rings is 1. The van der Waals surface area contributed by atoms with Crippen molar-refractivity contribution in [2.75, 3.05) is 11.9 Å². The average molecular weight is 474 g/mol. The molecule has 6 nitrogen and oxygen atoms in total. The first-order valence-corrected chi connectivity index (χ1v) is 12.7. The van der Waals surface area contributed by atoms with Gasteiger partial charge < -0.3 is 10.1 Å². The first kappa shape index (κ1) is 22.0. The van der Waals surface area contributed by atoms with Crippen molar-refractivity contribution < 1.29 is 14.3 Å². The maximum Gasteiger partial charge on any atom is 0.341 e. The zero-order valence-electron chi connectivity index (χ0n) is 17.3. The molecule has 9 heteroatoms. The van der Waals surface area contributed by atoms with Crippen LogP contribution in [0.1, 0.15) is 51.9 Å². The second-order valence-electron chi connectivity index (χ2n) is 7.38. The smallest absolute Gasteiger partial charge is 0.341 e. The minimum absolute atomic E-state index is 0.191. The lowest BCUT2D eigenvalue weighted by Crippen LogP contribution is -2.20. The average Bonchev–Trinajstić information content (AvgIpc) is 3.39. The third kappa shape index (κ3) is 4.99. The molecule has 1 N–H and O–H groups in total. The van der Waals surface area contributed by atoms with Crippen LogP contribution in [-0.2, 0) is 22.4 Å². The van der Waals surface area contributed by atoms with Crippen LogP contribution in [0.15, 0.2) is 40.2 Å². The molecule has 0 bridgehead atoms. The number of carbonyl (C=O) groups excluding carboxylic acids is 2. The van der Waals surface area contributed by atoms with Crippen molar-refractivity contribution in [1.29, 1.82) is 0 Å². The Labute approximate surface area is 193 Å². The number of thioether (sulfide) groups is 1. The number of amides is 1. The Balaban J connectivity index is 1.66. The number of hydrogen-bond donors (Lipinski definition) is 1. The van der Waals surface area contributed by atoms with E-state index >= 15 is 0 Å². The van der Waals surface area contributed by atoms with Gasteiger partial charge in [-0.15, -0.1) is 21.5 Å². The Morgan fingerprint density at radius 2 is 2.13 bits per heavy atom. The molecule has 0 unspecified atom stereocenters. The van der Waals surface area contributed by atoms with Gasteiger partial charge in [-0.25, -0.2) is 4.79 Å². The first-order valence-electron chi connectivity index (χ1n) is 10.2. The number of anilines is 1. The van der Waals surface area contributed by atoms with Crippen molar-refractivity contribution in [3.63, 3.8) is 0 Å². The molecular weight excluding hydrogens is 450 g/mol. The molecule has 0 fully saturated rings. The zero-order valence-corrected chi connectivity index (χ0v) is 19.7. The molecule has 4 rings (SSSR count). The fourth-order valence-electron chi connectivity index (χ4n) is 3.65. The highest BCUT2D eigenvalue weighted by molar-refractivity contribution is 8.01. The summed E-state index contributed by atoms with van der Waals surface area (Å²) in [6.45, 7) is 4.31. The van der Waals surface area contributed by atoms with Crippen LogP contribution in [0.4, 0.5) is 5.00 Å². The summed E-state index contributed by atoms with van der Waals surface area (Å²) in [6.07, 6.45) is 2.78. The van der Waals surface area contributed by atoms with Crippen LogP contribution in [0, 0.1) is 5.92 Å². The lowest BCUT2D eigenvalue weighted by Gasteiger charge is -2.18. The summed E-state index contributed by atoms with van der Waals surface area (Å²) in [5, 5.41) is 11.1. The molecule has 162 valence electrons. The van der Waals surface area contributed by atoms with Gasteiger partial charge in [0, 0.05) is 4.88 Å². The van der Waals surface area contributed by atoms with Crippen LogP contribution in [-0.4, -0.2) is 28.7 Å². The summed E-state index contributed by atoms with van der Waals surface area (Å²) >= 11 is 4.25. The Bertz CT molecular complexity index is 1050. The number of aromatic nitrogens is 2. The van der Waals surface area contributed by atoms with E-state index in [1.807, 2.05) is 30.3 Å². The second-order valence-corrected chi connectivity index (χ2v) is 10.7. The topological polar surface area (TPSA) is 81.2 Å².